The Morgan fingerprint density at radius 2 is 2.05 bits per heavy atom. The maximum absolute atomic E-state index is 13.7. The highest BCUT2D eigenvalue weighted by molar-refractivity contribution is 5.25. The van der Waals surface area contributed by atoms with Gasteiger partial charge in [-0.3, -0.25) is 4.90 Å². The molecular weight excluding hydrogens is 239 g/mol. The first-order valence-corrected chi connectivity index (χ1v) is 7.28. The third-order valence-electron chi connectivity index (χ3n) is 4.37. The van der Waals surface area contributed by atoms with Gasteiger partial charge in [0.25, 0.3) is 0 Å². The summed E-state index contributed by atoms with van der Waals surface area (Å²) in [5, 5.41) is 0. The van der Waals surface area contributed by atoms with Crippen LogP contribution in [0.4, 0.5) is 4.39 Å². The van der Waals surface area contributed by atoms with Gasteiger partial charge in [-0.2, -0.15) is 0 Å². The largest absolute Gasteiger partial charge is 0.327 e. The van der Waals surface area contributed by atoms with Crippen LogP contribution in [0.25, 0.3) is 0 Å². The second kappa shape index (κ2) is 6.02. The molecule has 1 aliphatic rings. The molecule has 2 nitrogen and oxygen atoms in total. The molecule has 106 valence electrons. The minimum Gasteiger partial charge on any atom is -0.327 e. The van der Waals surface area contributed by atoms with Gasteiger partial charge >= 0.3 is 0 Å². The Hall–Kier alpha value is -0.930. The Morgan fingerprint density at radius 3 is 2.68 bits per heavy atom. The van der Waals surface area contributed by atoms with Crippen LogP contribution in [-0.4, -0.2) is 23.5 Å². The number of nitrogens with zero attached hydrogens (tertiary/aromatic N) is 1. The summed E-state index contributed by atoms with van der Waals surface area (Å²) in [4.78, 5) is 2.44. The summed E-state index contributed by atoms with van der Waals surface area (Å²) in [6, 6.07) is 6.38. The van der Waals surface area contributed by atoms with Crippen molar-refractivity contribution in [3.8, 4) is 0 Å². The van der Waals surface area contributed by atoms with Gasteiger partial charge in [0.05, 0.1) is 0 Å². The second-order valence-electron chi connectivity index (χ2n) is 5.84. The van der Waals surface area contributed by atoms with Crippen LogP contribution in [0.5, 0.6) is 0 Å². The molecule has 2 N–H and O–H groups in total. The number of piperidine rings is 1. The van der Waals surface area contributed by atoms with Gasteiger partial charge in [0.2, 0.25) is 0 Å². The molecule has 1 heterocycles. The molecule has 1 fully saturated rings. The molecule has 19 heavy (non-hydrogen) atoms. The first kappa shape index (κ1) is 14.5. The van der Waals surface area contributed by atoms with Gasteiger partial charge < -0.3 is 5.73 Å². The van der Waals surface area contributed by atoms with E-state index in [2.05, 4.69) is 18.7 Å². The van der Waals surface area contributed by atoms with Crippen LogP contribution in [0.1, 0.15) is 50.3 Å². The summed E-state index contributed by atoms with van der Waals surface area (Å²) in [7, 11) is 0. The number of halogens is 1. The average molecular weight is 264 g/mol. The first-order chi connectivity index (χ1) is 9.00. The predicted octanol–water partition coefficient (Wildman–Crippen LogP) is 3.40. The number of nitrogens with two attached hydrogens (primary N) is 1. The summed E-state index contributed by atoms with van der Waals surface area (Å²) < 4.78 is 13.7. The van der Waals surface area contributed by atoms with E-state index in [9.17, 15) is 4.39 Å². The molecule has 0 aromatic heterocycles. The molecule has 3 unspecified atom stereocenters. The molecule has 1 aromatic rings. The Balaban J connectivity index is 2.20. The van der Waals surface area contributed by atoms with E-state index in [4.69, 9.17) is 5.73 Å². The maximum Gasteiger partial charge on any atom is 0.126 e. The van der Waals surface area contributed by atoms with E-state index < -0.39 is 0 Å². The Morgan fingerprint density at radius 1 is 1.32 bits per heavy atom. The second-order valence-corrected chi connectivity index (χ2v) is 5.84. The lowest BCUT2D eigenvalue weighted by Crippen LogP contribution is -2.49. The van der Waals surface area contributed by atoms with Crippen LogP contribution < -0.4 is 5.73 Å². The topological polar surface area (TPSA) is 29.3 Å². The maximum atomic E-state index is 13.7. The Kier molecular flexibility index (Phi) is 4.58. The monoisotopic (exact) mass is 264 g/mol. The summed E-state index contributed by atoms with van der Waals surface area (Å²) in [5.74, 6) is -0.112. The zero-order valence-electron chi connectivity index (χ0n) is 12.2. The van der Waals surface area contributed by atoms with Crippen LogP contribution in [0, 0.1) is 12.7 Å². The molecule has 0 bridgehead atoms. The molecule has 0 spiro atoms. The van der Waals surface area contributed by atoms with Gasteiger partial charge in [0.15, 0.2) is 0 Å². The number of hydrogen-bond donors (Lipinski definition) is 1. The molecule has 1 saturated heterocycles. The lowest BCUT2D eigenvalue weighted by molar-refractivity contribution is 0.0889. The zero-order valence-corrected chi connectivity index (χ0v) is 12.2. The van der Waals surface area contributed by atoms with Gasteiger partial charge in [0.1, 0.15) is 5.82 Å². The number of rotatable bonds is 3. The van der Waals surface area contributed by atoms with E-state index in [1.807, 2.05) is 12.1 Å². The smallest absolute Gasteiger partial charge is 0.126 e. The van der Waals surface area contributed by atoms with Gasteiger partial charge in [-0.05, 0) is 57.4 Å². The SMILES string of the molecule is Cc1ccc(C(C)N2CCCCC2C(C)N)cc1F. The van der Waals surface area contributed by atoms with Crippen molar-refractivity contribution >= 4 is 0 Å². The third kappa shape index (κ3) is 3.15. The quantitative estimate of drug-likeness (QED) is 0.906. The molecule has 0 aliphatic carbocycles. The van der Waals surface area contributed by atoms with E-state index in [-0.39, 0.29) is 17.9 Å². The van der Waals surface area contributed by atoms with Gasteiger partial charge in [-0.25, -0.2) is 4.39 Å². The van der Waals surface area contributed by atoms with Crippen molar-refractivity contribution in [2.75, 3.05) is 6.54 Å². The van der Waals surface area contributed by atoms with E-state index in [1.165, 1.54) is 12.8 Å². The molecule has 1 aliphatic heterocycles. The van der Waals surface area contributed by atoms with Crippen LogP contribution in [0.3, 0.4) is 0 Å². The molecule has 1 aromatic carbocycles. The predicted molar refractivity (Wildman–Crippen MR) is 77.5 cm³/mol. The van der Waals surface area contributed by atoms with E-state index in [0.29, 0.717) is 11.6 Å². The van der Waals surface area contributed by atoms with Gasteiger partial charge in [-0.15, -0.1) is 0 Å². The fraction of sp³-hybridized carbons (Fsp3) is 0.625. The average Bonchev–Trinajstić information content (AvgIpc) is 2.41. The van der Waals surface area contributed by atoms with Crippen LogP contribution in [0.2, 0.25) is 0 Å². The summed E-state index contributed by atoms with van der Waals surface area (Å²) in [5.41, 5.74) is 7.87. The van der Waals surface area contributed by atoms with Crippen molar-refractivity contribution < 1.29 is 4.39 Å². The van der Waals surface area contributed by atoms with Crippen molar-refractivity contribution in [2.24, 2.45) is 5.73 Å². The highest BCUT2D eigenvalue weighted by Gasteiger charge is 2.29. The van der Waals surface area contributed by atoms with Crippen molar-refractivity contribution in [1.82, 2.24) is 4.90 Å². The molecule has 0 radical (unpaired) electrons. The lowest BCUT2D eigenvalue weighted by Gasteiger charge is -2.42. The fourth-order valence-corrected chi connectivity index (χ4v) is 3.09. The van der Waals surface area contributed by atoms with Gasteiger partial charge in [0, 0.05) is 18.1 Å². The van der Waals surface area contributed by atoms with Crippen molar-refractivity contribution in [2.45, 2.75) is 58.2 Å². The Bertz CT molecular complexity index is 431. The van der Waals surface area contributed by atoms with E-state index in [1.54, 1.807) is 13.0 Å². The third-order valence-corrected chi connectivity index (χ3v) is 4.37. The molecule has 0 amide bonds. The minimum atomic E-state index is -0.112. The molecule has 3 atom stereocenters. The number of benzene rings is 1. The van der Waals surface area contributed by atoms with Crippen molar-refractivity contribution in [1.29, 1.82) is 0 Å². The number of hydrogen-bond acceptors (Lipinski definition) is 2. The standard InChI is InChI=1S/C16H25FN2/c1-11-7-8-14(10-15(11)17)13(3)19-9-5-4-6-16(19)12(2)18/h7-8,10,12-13,16H,4-6,9,18H2,1-3H3. The van der Waals surface area contributed by atoms with Crippen LogP contribution in [-0.2, 0) is 0 Å². The van der Waals surface area contributed by atoms with E-state index in [0.717, 1.165) is 18.5 Å². The highest BCUT2D eigenvalue weighted by atomic mass is 19.1. The molecular formula is C16H25FN2. The summed E-state index contributed by atoms with van der Waals surface area (Å²) >= 11 is 0. The highest BCUT2D eigenvalue weighted by Crippen LogP contribution is 2.30. The van der Waals surface area contributed by atoms with Crippen molar-refractivity contribution in [3.05, 3.63) is 35.1 Å². The minimum absolute atomic E-state index is 0.112. The van der Waals surface area contributed by atoms with Gasteiger partial charge in [-0.1, -0.05) is 18.6 Å². The summed E-state index contributed by atoms with van der Waals surface area (Å²) in [6.45, 7) is 7.09. The number of aryl methyl sites for hydroxylation is 1. The van der Waals surface area contributed by atoms with Crippen molar-refractivity contribution in [3.63, 3.8) is 0 Å². The molecule has 3 heteroatoms. The Labute approximate surface area is 115 Å². The number of likely N-dealkylation sites (tertiary alicyclic amines) is 1. The first-order valence-electron chi connectivity index (χ1n) is 7.28. The fourth-order valence-electron chi connectivity index (χ4n) is 3.09. The summed E-state index contributed by atoms with van der Waals surface area (Å²) in [6.07, 6.45) is 3.61. The van der Waals surface area contributed by atoms with E-state index >= 15 is 0 Å². The molecule has 0 saturated carbocycles. The van der Waals surface area contributed by atoms with Crippen LogP contribution >= 0.6 is 0 Å². The van der Waals surface area contributed by atoms with Crippen LogP contribution in [0.15, 0.2) is 18.2 Å². The lowest BCUT2D eigenvalue weighted by atomic mass is 9.93. The molecule has 2 rings (SSSR count). The zero-order chi connectivity index (χ0) is 14.0. The normalized spacial score (nSPS) is 24.2.